The molecule has 2 rings (SSSR count). The first-order valence-corrected chi connectivity index (χ1v) is 6.14. The number of carboxylic acid groups (broad SMARTS) is 1. The molecule has 5 heteroatoms. The van der Waals surface area contributed by atoms with Gasteiger partial charge in [-0.25, -0.2) is 0 Å². The standard InChI is InChI=1S/C13H17NO4/c1-6(2)14-11(15)8-5-4-7(3)9(13(17)18)10(8)12(14)16/h4-10H,1-3H3,(H,17,18)/t7-,8+,9+,10+/m1/s1. The zero-order valence-electron chi connectivity index (χ0n) is 10.7. The second-order valence-corrected chi connectivity index (χ2v) is 5.30. The van der Waals surface area contributed by atoms with Gasteiger partial charge in [-0.3, -0.25) is 19.3 Å². The summed E-state index contributed by atoms with van der Waals surface area (Å²) >= 11 is 0. The molecule has 4 atom stereocenters. The lowest BCUT2D eigenvalue weighted by atomic mass is 9.72. The van der Waals surface area contributed by atoms with Crippen molar-refractivity contribution >= 4 is 17.8 Å². The summed E-state index contributed by atoms with van der Waals surface area (Å²) in [6.07, 6.45) is 3.42. The van der Waals surface area contributed by atoms with Gasteiger partial charge in [-0.2, -0.15) is 0 Å². The van der Waals surface area contributed by atoms with E-state index >= 15 is 0 Å². The van der Waals surface area contributed by atoms with Crippen LogP contribution in [0.5, 0.6) is 0 Å². The van der Waals surface area contributed by atoms with Crippen LogP contribution in [-0.4, -0.2) is 33.8 Å². The highest BCUT2D eigenvalue weighted by atomic mass is 16.4. The van der Waals surface area contributed by atoms with Crippen LogP contribution in [0.1, 0.15) is 20.8 Å². The maximum Gasteiger partial charge on any atom is 0.307 e. The van der Waals surface area contributed by atoms with Crippen LogP contribution in [0.3, 0.4) is 0 Å². The van der Waals surface area contributed by atoms with E-state index in [0.29, 0.717) is 0 Å². The van der Waals surface area contributed by atoms with Gasteiger partial charge in [0, 0.05) is 6.04 Å². The predicted octanol–water partition coefficient (Wildman–Crippen LogP) is 0.903. The van der Waals surface area contributed by atoms with Crippen molar-refractivity contribution in [2.75, 3.05) is 0 Å². The number of aliphatic carboxylic acids is 1. The van der Waals surface area contributed by atoms with Gasteiger partial charge in [0.25, 0.3) is 0 Å². The molecule has 0 spiro atoms. The van der Waals surface area contributed by atoms with Crippen LogP contribution in [-0.2, 0) is 14.4 Å². The topological polar surface area (TPSA) is 74.7 Å². The van der Waals surface area contributed by atoms with E-state index in [4.69, 9.17) is 0 Å². The highest BCUT2D eigenvalue weighted by Gasteiger charge is 2.55. The van der Waals surface area contributed by atoms with Gasteiger partial charge in [-0.05, 0) is 19.8 Å². The number of imide groups is 1. The Balaban J connectivity index is 2.43. The summed E-state index contributed by atoms with van der Waals surface area (Å²) in [7, 11) is 0. The maximum atomic E-state index is 12.3. The molecule has 1 aliphatic carbocycles. The summed E-state index contributed by atoms with van der Waals surface area (Å²) in [5, 5.41) is 9.27. The Bertz CT molecular complexity index is 440. The summed E-state index contributed by atoms with van der Waals surface area (Å²) in [4.78, 5) is 36.9. The van der Waals surface area contributed by atoms with Gasteiger partial charge in [-0.1, -0.05) is 19.1 Å². The molecule has 1 aliphatic heterocycles. The number of carbonyl (C=O) groups is 3. The quantitative estimate of drug-likeness (QED) is 0.584. The van der Waals surface area contributed by atoms with Crippen LogP contribution in [0.2, 0.25) is 0 Å². The second-order valence-electron chi connectivity index (χ2n) is 5.30. The molecule has 98 valence electrons. The minimum absolute atomic E-state index is 0.228. The van der Waals surface area contributed by atoms with Crippen molar-refractivity contribution in [3.8, 4) is 0 Å². The van der Waals surface area contributed by atoms with Gasteiger partial charge in [0.05, 0.1) is 17.8 Å². The molecule has 2 aliphatic rings. The monoisotopic (exact) mass is 251 g/mol. The molecule has 0 saturated carbocycles. The number of hydrogen-bond acceptors (Lipinski definition) is 3. The van der Waals surface area contributed by atoms with Gasteiger partial charge in [0.2, 0.25) is 11.8 Å². The van der Waals surface area contributed by atoms with E-state index in [2.05, 4.69) is 0 Å². The van der Waals surface area contributed by atoms with Crippen molar-refractivity contribution in [2.45, 2.75) is 26.8 Å². The maximum absolute atomic E-state index is 12.3. The molecule has 0 bridgehead atoms. The molecule has 0 unspecified atom stereocenters. The Morgan fingerprint density at radius 1 is 1.28 bits per heavy atom. The third-order valence-corrected chi connectivity index (χ3v) is 3.81. The lowest BCUT2D eigenvalue weighted by Crippen LogP contribution is -2.40. The number of allylic oxidation sites excluding steroid dienone is 1. The third kappa shape index (κ3) is 1.65. The highest BCUT2D eigenvalue weighted by molar-refractivity contribution is 6.08. The van der Waals surface area contributed by atoms with E-state index in [9.17, 15) is 19.5 Å². The van der Waals surface area contributed by atoms with Crippen molar-refractivity contribution in [1.82, 2.24) is 4.90 Å². The van der Waals surface area contributed by atoms with Crippen molar-refractivity contribution in [3.05, 3.63) is 12.2 Å². The predicted molar refractivity (Wildman–Crippen MR) is 63.4 cm³/mol. The smallest absolute Gasteiger partial charge is 0.307 e. The number of amides is 2. The van der Waals surface area contributed by atoms with E-state index in [1.165, 1.54) is 4.90 Å². The summed E-state index contributed by atoms with van der Waals surface area (Å²) in [6.45, 7) is 5.29. The molecule has 0 radical (unpaired) electrons. The Kier molecular flexibility index (Phi) is 3.00. The number of likely N-dealkylation sites (tertiary alicyclic amines) is 1. The zero-order valence-corrected chi connectivity index (χ0v) is 10.7. The number of hydrogen-bond donors (Lipinski definition) is 1. The number of nitrogens with zero attached hydrogens (tertiary/aromatic N) is 1. The molecular formula is C13H17NO4. The number of rotatable bonds is 2. The largest absolute Gasteiger partial charge is 0.481 e. The fourth-order valence-corrected chi connectivity index (χ4v) is 2.95. The lowest BCUT2D eigenvalue weighted by molar-refractivity contribution is -0.151. The Morgan fingerprint density at radius 2 is 1.89 bits per heavy atom. The highest BCUT2D eigenvalue weighted by Crippen LogP contribution is 2.41. The van der Waals surface area contributed by atoms with Crippen molar-refractivity contribution in [3.63, 3.8) is 0 Å². The third-order valence-electron chi connectivity index (χ3n) is 3.81. The summed E-state index contributed by atoms with van der Waals surface area (Å²) < 4.78 is 0. The van der Waals surface area contributed by atoms with Gasteiger partial charge in [0.1, 0.15) is 0 Å². The van der Waals surface area contributed by atoms with E-state index in [-0.39, 0.29) is 23.8 Å². The minimum atomic E-state index is -1.01. The molecule has 2 amide bonds. The molecule has 0 aromatic rings. The van der Waals surface area contributed by atoms with Crippen molar-refractivity contribution in [1.29, 1.82) is 0 Å². The van der Waals surface area contributed by atoms with Gasteiger partial charge >= 0.3 is 5.97 Å². The summed E-state index contributed by atoms with van der Waals surface area (Å²) in [6, 6.07) is -0.228. The van der Waals surface area contributed by atoms with Crippen LogP contribution in [0, 0.1) is 23.7 Å². The first-order valence-electron chi connectivity index (χ1n) is 6.14. The van der Waals surface area contributed by atoms with Crippen molar-refractivity contribution < 1.29 is 19.5 Å². The zero-order chi connectivity index (χ0) is 13.6. The number of fused-ring (bicyclic) bond motifs is 1. The molecule has 0 aromatic carbocycles. The summed E-state index contributed by atoms with van der Waals surface area (Å²) in [5.41, 5.74) is 0. The molecular weight excluding hydrogens is 234 g/mol. The van der Waals surface area contributed by atoms with Gasteiger partial charge in [0.15, 0.2) is 0 Å². The van der Waals surface area contributed by atoms with E-state index in [0.717, 1.165) is 0 Å². The Morgan fingerprint density at radius 3 is 2.39 bits per heavy atom. The Labute approximate surface area is 105 Å². The van der Waals surface area contributed by atoms with Crippen LogP contribution in [0.15, 0.2) is 12.2 Å². The molecule has 18 heavy (non-hydrogen) atoms. The average Bonchev–Trinajstić information content (AvgIpc) is 2.50. The second kappa shape index (κ2) is 4.23. The van der Waals surface area contributed by atoms with E-state index < -0.39 is 23.7 Å². The number of carboxylic acids is 1. The van der Waals surface area contributed by atoms with E-state index in [1.54, 1.807) is 32.9 Å². The fraction of sp³-hybridized carbons (Fsp3) is 0.615. The molecule has 5 nitrogen and oxygen atoms in total. The molecule has 1 saturated heterocycles. The first kappa shape index (κ1) is 12.8. The lowest BCUT2D eigenvalue weighted by Gasteiger charge is -2.28. The Hall–Kier alpha value is -1.65. The normalized spacial score (nSPS) is 35.2. The van der Waals surface area contributed by atoms with Crippen LogP contribution < -0.4 is 0 Å². The SMILES string of the molecule is CC(C)N1C(=O)[C@@H]2[C@@H](C(=O)O)[C@H](C)C=C[C@@H]2C1=O. The molecule has 1 N–H and O–H groups in total. The average molecular weight is 251 g/mol. The molecule has 1 fully saturated rings. The van der Waals surface area contributed by atoms with Crippen LogP contribution >= 0.6 is 0 Å². The molecule has 1 heterocycles. The van der Waals surface area contributed by atoms with Gasteiger partial charge in [-0.15, -0.1) is 0 Å². The van der Waals surface area contributed by atoms with E-state index in [1.807, 2.05) is 0 Å². The van der Waals surface area contributed by atoms with Crippen LogP contribution in [0.25, 0.3) is 0 Å². The first-order chi connectivity index (χ1) is 8.36. The van der Waals surface area contributed by atoms with Crippen molar-refractivity contribution in [2.24, 2.45) is 23.7 Å². The van der Waals surface area contributed by atoms with Crippen LogP contribution in [0.4, 0.5) is 0 Å². The fourth-order valence-electron chi connectivity index (χ4n) is 2.95. The number of carbonyl (C=O) groups excluding carboxylic acids is 2. The molecule has 0 aromatic heterocycles. The van der Waals surface area contributed by atoms with Gasteiger partial charge < -0.3 is 5.11 Å². The summed E-state index contributed by atoms with van der Waals surface area (Å²) in [5.74, 6) is -3.99. The minimum Gasteiger partial charge on any atom is -0.481 e.